The SMILES string of the molecule is Fc1cccc(C2=NOC(C(F)(F)F)C2)c1. The number of hydrogen-bond donors (Lipinski definition) is 0. The minimum atomic E-state index is -4.45. The van der Waals surface area contributed by atoms with Gasteiger partial charge in [0.15, 0.2) is 0 Å². The molecule has 2 nitrogen and oxygen atoms in total. The van der Waals surface area contributed by atoms with Gasteiger partial charge in [0.1, 0.15) is 5.82 Å². The Morgan fingerprint density at radius 2 is 2.06 bits per heavy atom. The van der Waals surface area contributed by atoms with E-state index >= 15 is 0 Å². The average molecular weight is 233 g/mol. The minimum Gasteiger partial charge on any atom is -0.382 e. The Morgan fingerprint density at radius 1 is 1.31 bits per heavy atom. The molecular weight excluding hydrogens is 226 g/mol. The Balaban J connectivity index is 2.15. The van der Waals surface area contributed by atoms with E-state index in [0.717, 1.165) is 6.07 Å². The van der Waals surface area contributed by atoms with Gasteiger partial charge in [-0.25, -0.2) is 4.39 Å². The van der Waals surface area contributed by atoms with Crippen LogP contribution in [0.3, 0.4) is 0 Å². The maximum atomic E-state index is 12.8. The van der Waals surface area contributed by atoms with Crippen LogP contribution in [0.25, 0.3) is 0 Å². The Labute approximate surface area is 88.5 Å². The summed E-state index contributed by atoms with van der Waals surface area (Å²) in [5.74, 6) is -0.518. The third-order valence-electron chi connectivity index (χ3n) is 2.19. The summed E-state index contributed by atoms with van der Waals surface area (Å²) >= 11 is 0. The summed E-state index contributed by atoms with van der Waals surface area (Å²) in [6.45, 7) is 0. The van der Waals surface area contributed by atoms with Crippen molar-refractivity contribution in [3.05, 3.63) is 35.6 Å². The molecule has 0 radical (unpaired) electrons. The van der Waals surface area contributed by atoms with E-state index in [-0.39, 0.29) is 12.1 Å². The van der Waals surface area contributed by atoms with Crippen molar-refractivity contribution < 1.29 is 22.4 Å². The summed E-state index contributed by atoms with van der Waals surface area (Å²) in [5.41, 5.74) is 0.425. The molecule has 16 heavy (non-hydrogen) atoms. The van der Waals surface area contributed by atoms with Crippen LogP contribution in [0.5, 0.6) is 0 Å². The lowest BCUT2D eigenvalue weighted by molar-refractivity contribution is -0.212. The molecule has 1 aromatic carbocycles. The summed E-state index contributed by atoms with van der Waals surface area (Å²) in [7, 11) is 0. The molecule has 2 rings (SSSR count). The standard InChI is InChI=1S/C10H7F4NO/c11-7-3-1-2-6(4-7)8-5-9(16-15-8)10(12,13)14/h1-4,9H,5H2. The van der Waals surface area contributed by atoms with Gasteiger partial charge >= 0.3 is 6.18 Å². The molecule has 0 saturated carbocycles. The van der Waals surface area contributed by atoms with Crippen molar-refractivity contribution in [2.24, 2.45) is 5.16 Å². The number of halogens is 4. The van der Waals surface area contributed by atoms with E-state index in [1.54, 1.807) is 0 Å². The van der Waals surface area contributed by atoms with Crippen molar-refractivity contribution in [1.82, 2.24) is 0 Å². The van der Waals surface area contributed by atoms with Crippen molar-refractivity contribution in [3.8, 4) is 0 Å². The molecule has 1 aliphatic heterocycles. The number of hydrogen-bond acceptors (Lipinski definition) is 2. The fraction of sp³-hybridized carbons (Fsp3) is 0.300. The Bertz CT molecular complexity index is 427. The number of nitrogens with zero attached hydrogens (tertiary/aromatic N) is 1. The lowest BCUT2D eigenvalue weighted by atomic mass is 10.0. The molecule has 1 aliphatic rings. The van der Waals surface area contributed by atoms with Crippen LogP contribution in [0, 0.1) is 5.82 Å². The second kappa shape index (κ2) is 3.77. The molecule has 0 fully saturated rings. The first-order valence-electron chi connectivity index (χ1n) is 4.52. The average Bonchev–Trinajstić information content (AvgIpc) is 2.65. The topological polar surface area (TPSA) is 21.6 Å². The first kappa shape index (κ1) is 10.9. The molecule has 0 saturated heterocycles. The lowest BCUT2D eigenvalue weighted by Gasteiger charge is -2.11. The Morgan fingerprint density at radius 3 is 2.62 bits per heavy atom. The molecular formula is C10H7F4NO. The van der Waals surface area contributed by atoms with Crippen LogP contribution in [0.1, 0.15) is 12.0 Å². The van der Waals surface area contributed by atoms with Gasteiger partial charge in [0, 0.05) is 12.0 Å². The highest BCUT2D eigenvalue weighted by molar-refractivity contribution is 6.01. The number of alkyl halides is 3. The Hall–Kier alpha value is -1.59. The first-order valence-corrected chi connectivity index (χ1v) is 4.52. The molecule has 86 valence electrons. The number of benzene rings is 1. The fourth-order valence-corrected chi connectivity index (χ4v) is 1.39. The van der Waals surface area contributed by atoms with E-state index in [1.165, 1.54) is 18.2 Å². The van der Waals surface area contributed by atoms with Crippen LogP contribution in [-0.2, 0) is 4.84 Å². The molecule has 1 heterocycles. The molecule has 0 N–H and O–H groups in total. The zero-order valence-corrected chi connectivity index (χ0v) is 7.96. The molecule has 0 amide bonds. The summed E-state index contributed by atoms with van der Waals surface area (Å²) in [6.07, 6.45) is -6.75. The molecule has 1 unspecified atom stereocenters. The third kappa shape index (κ3) is 2.15. The van der Waals surface area contributed by atoms with Gasteiger partial charge < -0.3 is 4.84 Å². The van der Waals surface area contributed by atoms with Crippen molar-refractivity contribution in [1.29, 1.82) is 0 Å². The predicted molar refractivity (Wildman–Crippen MR) is 48.5 cm³/mol. The van der Waals surface area contributed by atoms with E-state index in [4.69, 9.17) is 0 Å². The van der Waals surface area contributed by atoms with Gasteiger partial charge in [0.25, 0.3) is 0 Å². The summed E-state index contributed by atoms with van der Waals surface area (Å²) < 4.78 is 49.6. The van der Waals surface area contributed by atoms with Crippen LogP contribution in [0.2, 0.25) is 0 Å². The summed E-state index contributed by atoms with van der Waals surface area (Å²) in [6, 6.07) is 5.24. The zero-order valence-electron chi connectivity index (χ0n) is 7.96. The molecule has 0 aromatic heterocycles. The van der Waals surface area contributed by atoms with Gasteiger partial charge in [-0.1, -0.05) is 17.3 Å². The summed E-state index contributed by atoms with van der Waals surface area (Å²) in [4.78, 5) is 4.26. The highest BCUT2D eigenvalue weighted by Crippen LogP contribution is 2.30. The quantitative estimate of drug-likeness (QED) is 0.683. The normalized spacial score (nSPS) is 20.5. The van der Waals surface area contributed by atoms with Crippen LogP contribution >= 0.6 is 0 Å². The summed E-state index contributed by atoms with van der Waals surface area (Å²) in [5, 5.41) is 3.32. The van der Waals surface area contributed by atoms with Crippen molar-refractivity contribution in [2.45, 2.75) is 18.7 Å². The minimum absolute atomic E-state index is 0.113. The van der Waals surface area contributed by atoms with Crippen LogP contribution in [-0.4, -0.2) is 18.0 Å². The highest BCUT2D eigenvalue weighted by atomic mass is 19.4. The molecule has 1 aromatic rings. The molecule has 0 aliphatic carbocycles. The van der Waals surface area contributed by atoms with Crippen LogP contribution in [0.4, 0.5) is 17.6 Å². The molecule has 0 bridgehead atoms. The van der Waals surface area contributed by atoms with Crippen LogP contribution < -0.4 is 0 Å². The van der Waals surface area contributed by atoms with Gasteiger partial charge in [0.05, 0.1) is 5.71 Å². The molecule has 0 spiro atoms. The van der Waals surface area contributed by atoms with Gasteiger partial charge in [-0.15, -0.1) is 0 Å². The van der Waals surface area contributed by atoms with E-state index in [1.807, 2.05) is 0 Å². The highest BCUT2D eigenvalue weighted by Gasteiger charge is 2.45. The smallest absolute Gasteiger partial charge is 0.382 e. The zero-order chi connectivity index (χ0) is 11.8. The second-order valence-corrected chi connectivity index (χ2v) is 3.39. The number of rotatable bonds is 1. The van der Waals surface area contributed by atoms with E-state index < -0.39 is 18.1 Å². The third-order valence-corrected chi connectivity index (χ3v) is 2.19. The monoisotopic (exact) mass is 233 g/mol. The second-order valence-electron chi connectivity index (χ2n) is 3.39. The Kier molecular flexibility index (Phi) is 2.57. The predicted octanol–water partition coefficient (Wildman–Crippen LogP) is 2.88. The van der Waals surface area contributed by atoms with Gasteiger partial charge in [-0.3, -0.25) is 0 Å². The van der Waals surface area contributed by atoms with Gasteiger partial charge in [0.2, 0.25) is 6.10 Å². The first-order chi connectivity index (χ1) is 7.47. The fourth-order valence-electron chi connectivity index (χ4n) is 1.39. The maximum absolute atomic E-state index is 12.8. The molecule has 6 heteroatoms. The maximum Gasteiger partial charge on any atom is 0.428 e. The van der Waals surface area contributed by atoms with Crippen molar-refractivity contribution in [3.63, 3.8) is 0 Å². The van der Waals surface area contributed by atoms with E-state index in [0.29, 0.717) is 5.56 Å². The number of oxime groups is 1. The molecule has 1 atom stereocenters. The van der Waals surface area contributed by atoms with Crippen molar-refractivity contribution in [2.75, 3.05) is 0 Å². The van der Waals surface area contributed by atoms with Crippen LogP contribution in [0.15, 0.2) is 29.4 Å². The largest absolute Gasteiger partial charge is 0.428 e. The van der Waals surface area contributed by atoms with E-state index in [9.17, 15) is 17.6 Å². The van der Waals surface area contributed by atoms with E-state index in [2.05, 4.69) is 9.99 Å². The van der Waals surface area contributed by atoms with Gasteiger partial charge in [-0.2, -0.15) is 13.2 Å². The van der Waals surface area contributed by atoms with Gasteiger partial charge in [-0.05, 0) is 12.1 Å². The van der Waals surface area contributed by atoms with Crippen molar-refractivity contribution >= 4 is 5.71 Å². The lowest BCUT2D eigenvalue weighted by Crippen LogP contribution is -2.28.